The van der Waals surface area contributed by atoms with Gasteiger partial charge in [-0.15, -0.1) is 11.8 Å². The molecule has 8 heteroatoms. The van der Waals surface area contributed by atoms with Crippen LogP contribution in [-0.4, -0.2) is 20.1 Å². The van der Waals surface area contributed by atoms with E-state index in [1.54, 1.807) is 36.0 Å². The smallest absolute Gasteiger partial charge is 0.251 e. The molecule has 0 unspecified atom stereocenters. The summed E-state index contributed by atoms with van der Waals surface area (Å²) in [5, 5.41) is 3.04. The molecule has 0 radical (unpaired) electrons. The maximum absolute atomic E-state index is 12.8. The molecule has 0 saturated heterocycles. The molecular weight excluding hydrogens is 408 g/mol. The van der Waals surface area contributed by atoms with Crippen LogP contribution in [0.2, 0.25) is 0 Å². The van der Waals surface area contributed by atoms with Crippen molar-refractivity contribution in [3.05, 3.63) is 83.8 Å². The molecule has 6 nitrogen and oxygen atoms in total. The van der Waals surface area contributed by atoms with E-state index in [-0.39, 0.29) is 23.4 Å². The molecule has 1 amide bonds. The largest absolute Gasteiger partial charge is 0.468 e. The van der Waals surface area contributed by atoms with Crippen LogP contribution in [0.1, 0.15) is 34.1 Å². The Morgan fingerprint density at radius 2 is 1.97 bits per heavy atom. The molecule has 29 heavy (non-hydrogen) atoms. The maximum atomic E-state index is 12.8. The first-order valence-corrected chi connectivity index (χ1v) is 11.6. The fraction of sp³-hybridized carbons (Fsp3) is 0.190. The highest BCUT2D eigenvalue weighted by Crippen LogP contribution is 2.35. The van der Waals surface area contributed by atoms with Crippen molar-refractivity contribution in [2.24, 2.45) is 0 Å². The molecule has 0 saturated carbocycles. The van der Waals surface area contributed by atoms with Crippen molar-refractivity contribution in [3.63, 3.8) is 0 Å². The zero-order valence-corrected chi connectivity index (χ0v) is 17.1. The summed E-state index contributed by atoms with van der Waals surface area (Å²) in [6, 6.07) is 17.4. The second-order valence-corrected chi connectivity index (χ2v) is 9.54. The van der Waals surface area contributed by atoms with Crippen LogP contribution in [-0.2, 0) is 16.6 Å². The van der Waals surface area contributed by atoms with Gasteiger partial charge in [-0.2, -0.15) is 0 Å². The van der Waals surface area contributed by atoms with Gasteiger partial charge in [-0.3, -0.25) is 4.79 Å². The van der Waals surface area contributed by atoms with Gasteiger partial charge in [0.1, 0.15) is 5.76 Å². The van der Waals surface area contributed by atoms with E-state index >= 15 is 0 Å². The summed E-state index contributed by atoms with van der Waals surface area (Å²) in [6.45, 7) is 0.0439. The number of hydrogen-bond acceptors (Lipinski definition) is 5. The van der Waals surface area contributed by atoms with Gasteiger partial charge in [-0.25, -0.2) is 13.1 Å². The van der Waals surface area contributed by atoms with Crippen LogP contribution in [0.3, 0.4) is 0 Å². The number of hydrogen-bond donors (Lipinski definition) is 2. The summed E-state index contributed by atoms with van der Waals surface area (Å²) < 4.78 is 32.8. The standard InChI is InChI=1S/C21H20N2O4S2/c24-21(23-19-10-12-28-20-9-2-1-8-18(19)20)15-5-3-7-17(13-15)29(25,26)22-14-16-6-4-11-27-16/h1-9,11,13,19,22H,10,12,14H2,(H,23,24)/t19-/m0/s1. The minimum Gasteiger partial charge on any atom is -0.468 e. The normalized spacial score (nSPS) is 16.2. The van der Waals surface area contributed by atoms with Gasteiger partial charge in [0.2, 0.25) is 10.0 Å². The van der Waals surface area contributed by atoms with Crippen LogP contribution in [0.5, 0.6) is 0 Å². The average Bonchev–Trinajstić information content (AvgIpc) is 3.26. The van der Waals surface area contributed by atoms with Crippen LogP contribution in [0.25, 0.3) is 0 Å². The van der Waals surface area contributed by atoms with Crippen LogP contribution in [0.4, 0.5) is 0 Å². The Bertz CT molecular complexity index is 1110. The molecule has 150 valence electrons. The molecule has 1 aliphatic rings. The molecule has 4 rings (SSSR count). The number of thioether (sulfide) groups is 1. The van der Waals surface area contributed by atoms with Crippen molar-refractivity contribution in [1.82, 2.24) is 10.0 Å². The quantitative estimate of drug-likeness (QED) is 0.625. The molecule has 0 fully saturated rings. The number of furan rings is 1. The number of amides is 1. The number of fused-ring (bicyclic) bond motifs is 1. The van der Waals surface area contributed by atoms with Gasteiger partial charge in [0.05, 0.1) is 23.7 Å². The van der Waals surface area contributed by atoms with E-state index in [4.69, 9.17) is 4.42 Å². The summed E-state index contributed by atoms with van der Waals surface area (Å²) in [5.41, 5.74) is 1.41. The Kier molecular flexibility index (Phi) is 5.75. The summed E-state index contributed by atoms with van der Waals surface area (Å²) in [5.74, 6) is 1.14. The molecule has 1 aromatic heterocycles. The van der Waals surface area contributed by atoms with Crippen molar-refractivity contribution in [1.29, 1.82) is 0 Å². The third-order valence-electron chi connectivity index (χ3n) is 4.69. The van der Waals surface area contributed by atoms with Gasteiger partial charge in [-0.1, -0.05) is 24.3 Å². The number of nitrogens with one attached hydrogen (secondary N) is 2. The molecule has 1 atom stereocenters. The Hall–Kier alpha value is -2.55. The number of rotatable bonds is 6. The van der Waals surface area contributed by atoms with E-state index in [0.717, 1.165) is 17.7 Å². The monoisotopic (exact) mass is 428 g/mol. The lowest BCUT2D eigenvalue weighted by molar-refractivity contribution is 0.0934. The highest BCUT2D eigenvalue weighted by atomic mass is 32.2. The molecule has 0 bridgehead atoms. The highest BCUT2D eigenvalue weighted by Gasteiger charge is 2.23. The minimum atomic E-state index is -3.77. The summed E-state index contributed by atoms with van der Waals surface area (Å²) in [4.78, 5) is 14.0. The van der Waals surface area contributed by atoms with Crippen molar-refractivity contribution in [2.75, 3.05) is 5.75 Å². The lowest BCUT2D eigenvalue weighted by atomic mass is 10.0. The van der Waals surface area contributed by atoms with Gasteiger partial charge >= 0.3 is 0 Å². The molecule has 2 heterocycles. The summed E-state index contributed by atoms with van der Waals surface area (Å²) >= 11 is 1.78. The minimum absolute atomic E-state index is 0.0382. The van der Waals surface area contributed by atoms with Crippen LogP contribution >= 0.6 is 11.8 Å². The second-order valence-electron chi connectivity index (χ2n) is 6.63. The van der Waals surface area contributed by atoms with Crippen molar-refractivity contribution in [2.45, 2.75) is 28.8 Å². The molecule has 2 N–H and O–H groups in total. The summed E-state index contributed by atoms with van der Waals surface area (Å²) in [6.07, 6.45) is 2.31. The lowest BCUT2D eigenvalue weighted by Crippen LogP contribution is -2.31. The number of carbonyl (C=O) groups excluding carboxylic acids is 1. The van der Waals surface area contributed by atoms with Gasteiger partial charge in [0.15, 0.2) is 0 Å². The number of benzene rings is 2. The van der Waals surface area contributed by atoms with E-state index in [1.165, 1.54) is 23.3 Å². The second kappa shape index (κ2) is 8.44. The van der Waals surface area contributed by atoms with Gasteiger partial charge in [0, 0.05) is 16.2 Å². The maximum Gasteiger partial charge on any atom is 0.251 e. The van der Waals surface area contributed by atoms with E-state index in [0.29, 0.717) is 11.3 Å². The van der Waals surface area contributed by atoms with E-state index < -0.39 is 10.0 Å². The van der Waals surface area contributed by atoms with Crippen LogP contribution in [0, 0.1) is 0 Å². The van der Waals surface area contributed by atoms with Gasteiger partial charge in [0.25, 0.3) is 5.91 Å². The van der Waals surface area contributed by atoms with Crippen molar-refractivity contribution < 1.29 is 17.6 Å². The predicted molar refractivity (Wildman–Crippen MR) is 111 cm³/mol. The van der Waals surface area contributed by atoms with Crippen molar-refractivity contribution in [3.8, 4) is 0 Å². The Labute approximate surface area is 173 Å². The number of sulfonamides is 1. The van der Waals surface area contributed by atoms with E-state index in [1.807, 2.05) is 18.2 Å². The van der Waals surface area contributed by atoms with E-state index in [2.05, 4.69) is 16.1 Å². The fourth-order valence-corrected chi connectivity index (χ4v) is 5.36. The van der Waals surface area contributed by atoms with E-state index in [9.17, 15) is 13.2 Å². The van der Waals surface area contributed by atoms with Crippen molar-refractivity contribution >= 4 is 27.7 Å². The molecule has 0 aliphatic carbocycles. The third-order valence-corrected chi connectivity index (χ3v) is 7.21. The first-order chi connectivity index (χ1) is 14.0. The van der Waals surface area contributed by atoms with Crippen LogP contribution in [0.15, 0.2) is 81.1 Å². The first kappa shape index (κ1) is 19.8. The Morgan fingerprint density at radius 1 is 1.10 bits per heavy atom. The average molecular weight is 429 g/mol. The van der Waals surface area contributed by atoms with Crippen LogP contribution < -0.4 is 10.0 Å². The molecule has 1 aliphatic heterocycles. The zero-order chi connectivity index (χ0) is 20.3. The molecule has 2 aromatic carbocycles. The third kappa shape index (κ3) is 4.55. The zero-order valence-electron chi connectivity index (χ0n) is 15.5. The Balaban J connectivity index is 1.49. The van der Waals surface area contributed by atoms with Gasteiger partial charge < -0.3 is 9.73 Å². The lowest BCUT2D eigenvalue weighted by Gasteiger charge is -2.26. The SMILES string of the molecule is O=C(N[C@H]1CCSc2ccccc21)c1cccc(S(=O)(=O)NCc2ccco2)c1. The van der Waals surface area contributed by atoms with Gasteiger partial charge in [-0.05, 0) is 48.4 Å². The summed E-state index contributed by atoms with van der Waals surface area (Å²) in [7, 11) is -3.77. The molecule has 0 spiro atoms. The topological polar surface area (TPSA) is 88.4 Å². The highest BCUT2D eigenvalue weighted by molar-refractivity contribution is 7.99. The Morgan fingerprint density at radius 3 is 2.79 bits per heavy atom. The molecular formula is C21H20N2O4S2. The fourth-order valence-electron chi connectivity index (χ4n) is 3.20. The predicted octanol–water partition coefficient (Wildman–Crippen LogP) is 3.73. The molecule has 3 aromatic rings. The number of carbonyl (C=O) groups is 1. The first-order valence-electron chi connectivity index (χ1n) is 9.18.